The zero-order valence-corrected chi connectivity index (χ0v) is 18.2. The van der Waals surface area contributed by atoms with E-state index in [1.807, 2.05) is 18.2 Å². The Kier molecular flexibility index (Phi) is 10.1. The van der Waals surface area contributed by atoms with Gasteiger partial charge in [0.15, 0.2) is 0 Å². The van der Waals surface area contributed by atoms with Crippen molar-refractivity contribution in [3.63, 3.8) is 0 Å². The molecular formula is C24H39N3O. The van der Waals surface area contributed by atoms with E-state index in [4.69, 9.17) is 9.98 Å². The molecule has 1 atom stereocenters. The highest BCUT2D eigenvalue weighted by atomic mass is 16.3. The standard InChI is InChI=1S/C24H39N3O/c1-4-7-10-17-22-25-23(18-11-8-5-2)27(19-14-9-6-3)24(26-22)20-15-12-13-16-21(20)28/h12-13,15-16,23,28H,4-11,14,17-19H2,1-3H3. The number of hydrogen-bond donors (Lipinski definition) is 1. The number of rotatable bonds is 13. The molecule has 0 bridgehead atoms. The topological polar surface area (TPSA) is 48.2 Å². The van der Waals surface area contributed by atoms with E-state index in [2.05, 4.69) is 25.7 Å². The van der Waals surface area contributed by atoms with Gasteiger partial charge in [-0.25, -0.2) is 9.98 Å². The third kappa shape index (κ3) is 6.65. The smallest absolute Gasteiger partial charge is 0.143 e. The average Bonchev–Trinajstić information content (AvgIpc) is 2.70. The number of amidine groups is 2. The summed E-state index contributed by atoms with van der Waals surface area (Å²) in [5.74, 6) is 2.18. The van der Waals surface area contributed by atoms with Crippen LogP contribution in [0.3, 0.4) is 0 Å². The highest BCUT2D eigenvalue weighted by Gasteiger charge is 2.28. The van der Waals surface area contributed by atoms with E-state index in [0.717, 1.165) is 49.5 Å². The van der Waals surface area contributed by atoms with Crippen molar-refractivity contribution in [1.29, 1.82) is 0 Å². The highest BCUT2D eigenvalue weighted by molar-refractivity contribution is 6.09. The van der Waals surface area contributed by atoms with Crippen molar-refractivity contribution in [2.24, 2.45) is 9.98 Å². The Labute approximate surface area is 171 Å². The van der Waals surface area contributed by atoms with E-state index < -0.39 is 0 Å². The molecule has 1 aliphatic heterocycles. The zero-order chi connectivity index (χ0) is 20.2. The molecule has 1 unspecified atom stereocenters. The minimum Gasteiger partial charge on any atom is -0.507 e. The molecule has 28 heavy (non-hydrogen) atoms. The summed E-state index contributed by atoms with van der Waals surface area (Å²) in [6.07, 6.45) is 12.9. The first-order chi connectivity index (χ1) is 13.7. The summed E-state index contributed by atoms with van der Waals surface area (Å²) in [5, 5.41) is 10.5. The van der Waals surface area contributed by atoms with Crippen molar-refractivity contribution in [3.05, 3.63) is 29.8 Å². The molecule has 4 nitrogen and oxygen atoms in total. The molecule has 0 spiro atoms. The van der Waals surface area contributed by atoms with Crippen LogP contribution < -0.4 is 0 Å². The first-order valence-corrected chi connectivity index (χ1v) is 11.4. The van der Waals surface area contributed by atoms with Gasteiger partial charge in [-0.2, -0.15) is 0 Å². The second-order valence-electron chi connectivity index (χ2n) is 7.83. The Hall–Kier alpha value is -1.84. The summed E-state index contributed by atoms with van der Waals surface area (Å²) in [4.78, 5) is 12.4. The van der Waals surface area contributed by atoms with Crippen LogP contribution in [0, 0.1) is 0 Å². The summed E-state index contributed by atoms with van der Waals surface area (Å²) in [6, 6.07) is 7.60. The van der Waals surface area contributed by atoms with Crippen molar-refractivity contribution in [1.82, 2.24) is 4.90 Å². The fourth-order valence-electron chi connectivity index (χ4n) is 3.71. The van der Waals surface area contributed by atoms with Gasteiger partial charge in [0.25, 0.3) is 0 Å². The minimum atomic E-state index is 0.145. The molecule has 1 heterocycles. The molecule has 4 heteroatoms. The fourth-order valence-corrected chi connectivity index (χ4v) is 3.71. The quantitative estimate of drug-likeness (QED) is 0.392. The number of para-hydroxylation sites is 1. The first kappa shape index (κ1) is 22.4. The predicted molar refractivity (Wildman–Crippen MR) is 120 cm³/mol. The number of aromatic hydroxyl groups is 1. The van der Waals surface area contributed by atoms with E-state index in [1.54, 1.807) is 6.07 Å². The van der Waals surface area contributed by atoms with Gasteiger partial charge in [-0.3, -0.25) is 0 Å². The predicted octanol–water partition coefficient (Wildman–Crippen LogP) is 6.53. The monoisotopic (exact) mass is 385 g/mol. The molecule has 0 saturated heterocycles. The van der Waals surface area contributed by atoms with Crippen molar-refractivity contribution >= 4 is 11.7 Å². The van der Waals surface area contributed by atoms with E-state index in [0.29, 0.717) is 5.75 Å². The lowest BCUT2D eigenvalue weighted by Crippen LogP contribution is -2.44. The van der Waals surface area contributed by atoms with Gasteiger partial charge in [0, 0.05) is 13.0 Å². The summed E-state index contributed by atoms with van der Waals surface area (Å²) < 4.78 is 0. The number of phenolic OH excluding ortho intramolecular Hbond substituents is 1. The molecule has 1 aliphatic rings. The summed E-state index contributed by atoms with van der Waals surface area (Å²) >= 11 is 0. The van der Waals surface area contributed by atoms with Crippen molar-refractivity contribution in [2.75, 3.05) is 6.54 Å². The molecule has 0 aromatic heterocycles. The van der Waals surface area contributed by atoms with Gasteiger partial charge in [-0.15, -0.1) is 0 Å². The zero-order valence-electron chi connectivity index (χ0n) is 18.2. The molecule has 0 fully saturated rings. The molecule has 2 rings (SSSR count). The number of benzene rings is 1. The molecule has 0 aliphatic carbocycles. The van der Waals surface area contributed by atoms with Crippen LogP contribution in [0.25, 0.3) is 0 Å². The van der Waals surface area contributed by atoms with Gasteiger partial charge < -0.3 is 10.0 Å². The largest absolute Gasteiger partial charge is 0.507 e. The SMILES string of the molecule is CCCCCC1=NC(CCCCC)N(CCCCC)C(c2ccccc2O)=N1. The lowest BCUT2D eigenvalue weighted by atomic mass is 10.1. The molecule has 0 saturated carbocycles. The first-order valence-electron chi connectivity index (χ1n) is 11.4. The molecule has 0 radical (unpaired) electrons. The van der Waals surface area contributed by atoms with Crippen molar-refractivity contribution in [3.8, 4) is 5.75 Å². The number of phenols is 1. The van der Waals surface area contributed by atoms with Crippen LogP contribution in [-0.2, 0) is 0 Å². The van der Waals surface area contributed by atoms with Gasteiger partial charge in [0.1, 0.15) is 23.6 Å². The van der Waals surface area contributed by atoms with E-state index in [1.165, 1.54) is 44.9 Å². The second-order valence-corrected chi connectivity index (χ2v) is 7.83. The molecule has 1 N–H and O–H groups in total. The molecule has 1 aromatic carbocycles. The third-order valence-corrected chi connectivity index (χ3v) is 5.38. The van der Waals surface area contributed by atoms with Crippen molar-refractivity contribution in [2.45, 2.75) is 97.6 Å². The number of nitrogens with zero attached hydrogens (tertiary/aromatic N) is 3. The van der Waals surface area contributed by atoms with E-state index >= 15 is 0 Å². The Morgan fingerprint density at radius 3 is 2.29 bits per heavy atom. The molecule has 1 aromatic rings. The average molecular weight is 386 g/mol. The third-order valence-electron chi connectivity index (χ3n) is 5.38. The van der Waals surface area contributed by atoms with Gasteiger partial charge in [-0.1, -0.05) is 71.4 Å². The van der Waals surface area contributed by atoms with Crippen LogP contribution in [0.1, 0.15) is 97.0 Å². The van der Waals surface area contributed by atoms with Gasteiger partial charge in [-0.05, 0) is 37.8 Å². The maximum absolute atomic E-state index is 10.5. The second kappa shape index (κ2) is 12.6. The normalized spacial score (nSPS) is 16.8. The molecular weight excluding hydrogens is 346 g/mol. The maximum atomic E-state index is 10.5. The van der Waals surface area contributed by atoms with Crippen LogP contribution in [0.2, 0.25) is 0 Å². The van der Waals surface area contributed by atoms with E-state index in [9.17, 15) is 5.11 Å². The minimum absolute atomic E-state index is 0.145. The Bertz CT molecular complexity index is 638. The van der Waals surface area contributed by atoms with Gasteiger partial charge in [0.05, 0.1) is 5.56 Å². The number of aliphatic imine (C=N–C) groups is 2. The fraction of sp³-hybridized carbons (Fsp3) is 0.667. The van der Waals surface area contributed by atoms with E-state index in [-0.39, 0.29) is 6.17 Å². The lowest BCUT2D eigenvalue weighted by molar-refractivity contribution is 0.285. The number of hydrogen-bond acceptors (Lipinski definition) is 4. The summed E-state index contributed by atoms with van der Waals surface area (Å²) in [6.45, 7) is 7.65. The van der Waals surface area contributed by atoms with Crippen LogP contribution in [0.4, 0.5) is 0 Å². The molecule has 0 amide bonds. The molecule has 156 valence electrons. The summed E-state index contributed by atoms with van der Waals surface area (Å²) in [7, 11) is 0. The number of unbranched alkanes of at least 4 members (excludes halogenated alkanes) is 6. The van der Waals surface area contributed by atoms with Crippen LogP contribution >= 0.6 is 0 Å². The Balaban J connectivity index is 2.31. The maximum Gasteiger partial charge on any atom is 0.143 e. The van der Waals surface area contributed by atoms with Gasteiger partial charge >= 0.3 is 0 Å². The van der Waals surface area contributed by atoms with Gasteiger partial charge in [0.2, 0.25) is 0 Å². The summed E-state index contributed by atoms with van der Waals surface area (Å²) in [5.41, 5.74) is 0.836. The highest BCUT2D eigenvalue weighted by Crippen LogP contribution is 2.26. The van der Waals surface area contributed by atoms with Crippen LogP contribution in [-0.4, -0.2) is 34.4 Å². The van der Waals surface area contributed by atoms with Crippen LogP contribution in [0.15, 0.2) is 34.3 Å². The Morgan fingerprint density at radius 2 is 1.57 bits per heavy atom. The lowest BCUT2D eigenvalue weighted by Gasteiger charge is -2.36. The Morgan fingerprint density at radius 1 is 0.893 bits per heavy atom. The van der Waals surface area contributed by atoms with Crippen LogP contribution in [0.5, 0.6) is 5.75 Å². The van der Waals surface area contributed by atoms with Crippen molar-refractivity contribution < 1.29 is 5.11 Å².